The third-order valence-corrected chi connectivity index (χ3v) is 7.13. The van der Waals surface area contributed by atoms with Crippen LogP contribution in [0.15, 0.2) is 48.5 Å². The van der Waals surface area contributed by atoms with E-state index < -0.39 is 0 Å². The van der Waals surface area contributed by atoms with Crippen LogP contribution in [-0.4, -0.2) is 57.3 Å². The number of fused-ring (bicyclic) bond motifs is 1. The summed E-state index contributed by atoms with van der Waals surface area (Å²) >= 11 is 0. The zero-order valence-electron chi connectivity index (χ0n) is 19.4. The summed E-state index contributed by atoms with van der Waals surface area (Å²) < 4.78 is 2.11. The number of hydrogen-bond acceptors (Lipinski definition) is 3. The molecular weight excluding hydrogens is 412 g/mol. The fourth-order valence-electron chi connectivity index (χ4n) is 5.30. The van der Waals surface area contributed by atoms with E-state index in [9.17, 15) is 9.59 Å². The maximum absolute atomic E-state index is 13.2. The Hall–Kier alpha value is -3.15. The van der Waals surface area contributed by atoms with Gasteiger partial charge in [-0.2, -0.15) is 0 Å². The first-order valence-corrected chi connectivity index (χ1v) is 12.2. The Morgan fingerprint density at radius 2 is 1.55 bits per heavy atom. The van der Waals surface area contributed by atoms with Crippen molar-refractivity contribution in [1.82, 2.24) is 19.4 Å². The molecule has 2 aliphatic rings. The highest BCUT2D eigenvalue weighted by molar-refractivity contribution is 5.98. The van der Waals surface area contributed by atoms with Crippen molar-refractivity contribution in [2.75, 3.05) is 26.2 Å². The van der Waals surface area contributed by atoms with Crippen molar-refractivity contribution in [3.05, 3.63) is 59.9 Å². The predicted molar refractivity (Wildman–Crippen MR) is 129 cm³/mol. The van der Waals surface area contributed by atoms with Gasteiger partial charge in [-0.15, -0.1) is 0 Å². The van der Waals surface area contributed by atoms with Crippen LogP contribution in [0.25, 0.3) is 16.7 Å². The summed E-state index contributed by atoms with van der Waals surface area (Å²) in [5.74, 6) is 1.28. The molecule has 0 spiro atoms. The molecule has 5 rings (SSSR count). The highest BCUT2D eigenvalue weighted by Crippen LogP contribution is 2.25. The smallest absolute Gasteiger partial charge is 0.253 e. The van der Waals surface area contributed by atoms with Crippen molar-refractivity contribution in [1.29, 1.82) is 0 Å². The van der Waals surface area contributed by atoms with Crippen LogP contribution >= 0.6 is 0 Å². The van der Waals surface area contributed by atoms with E-state index in [1.165, 1.54) is 12.8 Å². The lowest BCUT2D eigenvalue weighted by atomic mass is 9.94. The van der Waals surface area contributed by atoms with Gasteiger partial charge in [0.25, 0.3) is 5.91 Å². The molecule has 2 fully saturated rings. The molecule has 33 heavy (non-hydrogen) atoms. The number of carbonyl (C=O) groups excluding carboxylic acids is 2. The molecule has 0 N–H and O–H groups in total. The maximum atomic E-state index is 13.2. The SMILES string of the molecule is Cc1nc2cc(C(=O)N3CCC(C(=O)N4CCCCCC4)CC3)ccc2n1-c1ccccc1. The molecule has 0 radical (unpaired) electrons. The first-order valence-electron chi connectivity index (χ1n) is 12.2. The van der Waals surface area contributed by atoms with E-state index >= 15 is 0 Å². The molecule has 3 aromatic rings. The van der Waals surface area contributed by atoms with E-state index in [-0.39, 0.29) is 11.8 Å². The largest absolute Gasteiger partial charge is 0.342 e. The van der Waals surface area contributed by atoms with E-state index in [4.69, 9.17) is 4.98 Å². The van der Waals surface area contributed by atoms with Gasteiger partial charge < -0.3 is 9.80 Å². The van der Waals surface area contributed by atoms with Crippen LogP contribution in [-0.2, 0) is 4.79 Å². The van der Waals surface area contributed by atoms with Crippen LogP contribution < -0.4 is 0 Å². The number of aryl methyl sites for hydroxylation is 1. The lowest BCUT2D eigenvalue weighted by molar-refractivity contribution is -0.136. The van der Waals surface area contributed by atoms with Crippen molar-refractivity contribution in [3.63, 3.8) is 0 Å². The molecule has 1 aromatic heterocycles. The third kappa shape index (κ3) is 4.39. The number of benzene rings is 2. The molecule has 0 atom stereocenters. The molecule has 2 saturated heterocycles. The molecule has 172 valence electrons. The van der Waals surface area contributed by atoms with E-state index in [0.29, 0.717) is 24.6 Å². The van der Waals surface area contributed by atoms with Gasteiger partial charge in [0, 0.05) is 43.3 Å². The fraction of sp³-hybridized carbons (Fsp3) is 0.444. The Balaban J connectivity index is 1.27. The molecule has 6 heteroatoms. The number of hydrogen-bond donors (Lipinski definition) is 0. The van der Waals surface area contributed by atoms with E-state index in [0.717, 1.165) is 61.3 Å². The minimum absolute atomic E-state index is 0.0319. The second kappa shape index (κ2) is 9.38. The third-order valence-electron chi connectivity index (χ3n) is 7.13. The fourth-order valence-corrected chi connectivity index (χ4v) is 5.30. The number of piperidine rings is 1. The first-order chi connectivity index (χ1) is 16.1. The number of nitrogens with zero attached hydrogens (tertiary/aromatic N) is 4. The van der Waals surface area contributed by atoms with Gasteiger partial charge in [-0.05, 0) is 62.9 Å². The number of rotatable bonds is 3. The highest BCUT2D eigenvalue weighted by Gasteiger charge is 2.31. The van der Waals surface area contributed by atoms with Crippen LogP contribution in [0.3, 0.4) is 0 Å². The molecular formula is C27H32N4O2. The maximum Gasteiger partial charge on any atom is 0.253 e. The second-order valence-corrected chi connectivity index (χ2v) is 9.34. The number of amides is 2. The molecule has 0 saturated carbocycles. The summed E-state index contributed by atoms with van der Waals surface area (Å²) in [5, 5.41) is 0. The van der Waals surface area contributed by atoms with Gasteiger partial charge in [0.2, 0.25) is 5.91 Å². The van der Waals surface area contributed by atoms with Gasteiger partial charge in [-0.3, -0.25) is 14.2 Å². The van der Waals surface area contributed by atoms with Gasteiger partial charge in [-0.1, -0.05) is 31.0 Å². The average Bonchev–Trinajstić information content (AvgIpc) is 3.00. The molecule has 3 heterocycles. The number of carbonyl (C=O) groups is 2. The first kappa shape index (κ1) is 21.7. The normalized spacial score (nSPS) is 17.8. The zero-order chi connectivity index (χ0) is 22.8. The quantitative estimate of drug-likeness (QED) is 0.594. The van der Waals surface area contributed by atoms with Gasteiger partial charge in [0.15, 0.2) is 0 Å². The molecule has 0 bridgehead atoms. The van der Waals surface area contributed by atoms with Crippen molar-refractivity contribution >= 4 is 22.8 Å². The summed E-state index contributed by atoms with van der Waals surface area (Å²) in [6.45, 7) is 5.05. The molecule has 0 unspecified atom stereocenters. The second-order valence-electron chi connectivity index (χ2n) is 9.34. The minimum atomic E-state index is 0.0319. The Morgan fingerprint density at radius 1 is 0.848 bits per heavy atom. The van der Waals surface area contributed by atoms with Gasteiger partial charge >= 0.3 is 0 Å². The number of likely N-dealkylation sites (tertiary alicyclic amines) is 2. The molecule has 0 aliphatic carbocycles. The summed E-state index contributed by atoms with van der Waals surface area (Å²) in [4.78, 5) is 34.9. The molecule has 6 nitrogen and oxygen atoms in total. The lowest BCUT2D eigenvalue weighted by Gasteiger charge is -2.34. The minimum Gasteiger partial charge on any atom is -0.342 e. The van der Waals surface area contributed by atoms with Crippen LogP contribution in [0.5, 0.6) is 0 Å². The Morgan fingerprint density at radius 3 is 2.24 bits per heavy atom. The lowest BCUT2D eigenvalue weighted by Crippen LogP contribution is -2.44. The summed E-state index contributed by atoms with van der Waals surface area (Å²) in [6, 6.07) is 15.9. The predicted octanol–water partition coefficient (Wildman–Crippen LogP) is 4.59. The number of para-hydroxylation sites is 1. The van der Waals surface area contributed by atoms with Gasteiger partial charge in [0.05, 0.1) is 11.0 Å². The van der Waals surface area contributed by atoms with Crippen LogP contribution in [0, 0.1) is 12.8 Å². The summed E-state index contributed by atoms with van der Waals surface area (Å²) in [7, 11) is 0. The Kier molecular flexibility index (Phi) is 6.16. The monoisotopic (exact) mass is 444 g/mol. The van der Waals surface area contributed by atoms with E-state index in [2.05, 4.69) is 21.6 Å². The van der Waals surface area contributed by atoms with Crippen molar-refractivity contribution in [2.24, 2.45) is 5.92 Å². The average molecular weight is 445 g/mol. The van der Waals surface area contributed by atoms with Crippen molar-refractivity contribution in [3.8, 4) is 5.69 Å². The number of imidazole rings is 1. The van der Waals surface area contributed by atoms with Gasteiger partial charge in [-0.25, -0.2) is 4.98 Å². The van der Waals surface area contributed by atoms with Crippen LogP contribution in [0.1, 0.15) is 54.7 Å². The van der Waals surface area contributed by atoms with Crippen LogP contribution in [0.4, 0.5) is 0 Å². The topological polar surface area (TPSA) is 58.4 Å². The van der Waals surface area contributed by atoms with Crippen molar-refractivity contribution in [2.45, 2.75) is 45.4 Å². The van der Waals surface area contributed by atoms with E-state index in [1.807, 2.05) is 48.2 Å². The molecule has 2 amide bonds. The van der Waals surface area contributed by atoms with Crippen molar-refractivity contribution < 1.29 is 9.59 Å². The Labute approximate surface area is 195 Å². The molecule has 2 aromatic carbocycles. The van der Waals surface area contributed by atoms with E-state index in [1.54, 1.807) is 0 Å². The summed E-state index contributed by atoms with van der Waals surface area (Å²) in [5.41, 5.74) is 3.55. The Bertz CT molecular complexity index is 1140. The standard InChI is InChI=1S/C27H32N4O2/c1-20-28-24-19-22(11-12-25(24)31(20)23-9-5-4-6-10-23)27(33)30-17-13-21(14-18-30)26(32)29-15-7-2-3-8-16-29/h4-6,9-12,19,21H,2-3,7-8,13-18H2,1H3. The molecule has 2 aliphatic heterocycles. The summed E-state index contributed by atoms with van der Waals surface area (Å²) in [6.07, 6.45) is 6.20. The van der Waals surface area contributed by atoms with Gasteiger partial charge in [0.1, 0.15) is 5.82 Å². The zero-order valence-corrected chi connectivity index (χ0v) is 19.4. The highest BCUT2D eigenvalue weighted by atomic mass is 16.2. The van der Waals surface area contributed by atoms with Crippen LogP contribution in [0.2, 0.25) is 0 Å². The number of aromatic nitrogens is 2.